The van der Waals surface area contributed by atoms with Crippen molar-refractivity contribution in [3.8, 4) is 5.75 Å². The molecule has 8 nitrogen and oxygen atoms in total. The molecule has 2 N–H and O–H groups in total. The Morgan fingerprint density at radius 2 is 2.19 bits per heavy atom. The van der Waals surface area contributed by atoms with Crippen molar-refractivity contribution < 1.29 is 9.47 Å². The molecular weight excluding hydrogens is 344 g/mol. The standard InChI is InChI=1S/C19H28N6O2/c1-14(27-16-7-5-4-6-8-16)11-21-19(20-2)22-15-9-10-18-23-17(13-26-3)24-25(18)12-15/h4-8,14-15H,9-13H2,1-3H3,(H2,20,21,22). The van der Waals surface area contributed by atoms with Crippen LogP contribution < -0.4 is 15.4 Å². The van der Waals surface area contributed by atoms with Gasteiger partial charge < -0.3 is 20.1 Å². The number of methoxy groups -OCH3 is 1. The highest BCUT2D eigenvalue weighted by Gasteiger charge is 2.22. The fourth-order valence-corrected chi connectivity index (χ4v) is 3.07. The quantitative estimate of drug-likeness (QED) is 0.564. The van der Waals surface area contributed by atoms with Gasteiger partial charge in [-0.1, -0.05) is 18.2 Å². The Balaban J connectivity index is 1.47. The Morgan fingerprint density at radius 3 is 2.93 bits per heavy atom. The van der Waals surface area contributed by atoms with E-state index in [1.54, 1.807) is 14.2 Å². The van der Waals surface area contributed by atoms with E-state index in [0.717, 1.165) is 42.7 Å². The zero-order chi connectivity index (χ0) is 19.1. The minimum absolute atomic E-state index is 0.0239. The summed E-state index contributed by atoms with van der Waals surface area (Å²) in [7, 11) is 3.43. The van der Waals surface area contributed by atoms with Crippen LogP contribution in [0, 0.1) is 0 Å². The van der Waals surface area contributed by atoms with Crippen molar-refractivity contribution in [2.24, 2.45) is 4.99 Å². The van der Waals surface area contributed by atoms with E-state index < -0.39 is 0 Å². The summed E-state index contributed by atoms with van der Waals surface area (Å²) in [4.78, 5) is 8.84. The van der Waals surface area contributed by atoms with Gasteiger partial charge in [-0.2, -0.15) is 5.10 Å². The summed E-state index contributed by atoms with van der Waals surface area (Å²) in [6.07, 6.45) is 1.90. The Hall–Kier alpha value is -2.61. The summed E-state index contributed by atoms with van der Waals surface area (Å²) in [6, 6.07) is 10.1. The molecule has 0 amide bonds. The number of ether oxygens (including phenoxy) is 2. The van der Waals surface area contributed by atoms with Gasteiger partial charge in [-0.15, -0.1) is 0 Å². The van der Waals surface area contributed by atoms with Crippen LogP contribution in [-0.4, -0.2) is 53.6 Å². The monoisotopic (exact) mass is 372 g/mol. The maximum Gasteiger partial charge on any atom is 0.191 e. The first-order valence-corrected chi connectivity index (χ1v) is 9.28. The lowest BCUT2D eigenvalue weighted by Crippen LogP contribution is -2.48. The van der Waals surface area contributed by atoms with Crippen molar-refractivity contribution >= 4 is 5.96 Å². The molecule has 0 fully saturated rings. The first kappa shape index (κ1) is 19.2. The van der Waals surface area contributed by atoms with Gasteiger partial charge in [-0.3, -0.25) is 4.99 Å². The zero-order valence-corrected chi connectivity index (χ0v) is 16.2. The summed E-state index contributed by atoms with van der Waals surface area (Å²) in [5.41, 5.74) is 0. The predicted molar refractivity (Wildman–Crippen MR) is 104 cm³/mol. The van der Waals surface area contributed by atoms with Crippen LogP contribution >= 0.6 is 0 Å². The Morgan fingerprint density at radius 1 is 1.37 bits per heavy atom. The molecule has 3 rings (SSSR count). The summed E-state index contributed by atoms with van der Waals surface area (Å²) < 4.78 is 13.0. The molecule has 1 aliphatic heterocycles. The molecule has 1 aromatic heterocycles. The third kappa shape index (κ3) is 5.43. The highest BCUT2D eigenvalue weighted by atomic mass is 16.5. The summed E-state index contributed by atoms with van der Waals surface area (Å²) >= 11 is 0. The van der Waals surface area contributed by atoms with Gasteiger partial charge in [0.05, 0.1) is 13.1 Å². The van der Waals surface area contributed by atoms with E-state index in [1.165, 1.54) is 0 Å². The molecule has 0 bridgehead atoms. The molecule has 1 aliphatic rings. The SMILES string of the molecule is CN=C(NCC(C)Oc1ccccc1)NC1CCc2nc(COC)nn2C1. The number of para-hydroxylation sites is 1. The molecule has 8 heteroatoms. The lowest BCUT2D eigenvalue weighted by Gasteiger charge is -2.26. The number of aryl methyl sites for hydroxylation is 1. The van der Waals surface area contributed by atoms with Gasteiger partial charge in [0.25, 0.3) is 0 Å². The van der Waals surface area contributed by atoms with Crippen molar-refractivity contribution in [1.82, 2.24) is 25.4 Å². The van der Waals surface area contributed by atoms with Crippen LogP contribution in [0.4, 0.5) is 0 Å². The molecule has 1 aromatic carbocycles. The molecular formula is C19H28N6O2. The summed E-state index contributed by atoms with van der Waals surface area (Å²) in [6.45, 7) is 3.91. The van der Waals surface area contributed by atoms with E-state index >= 15 is 0 Å². The van der Waals surface area contributed by atoms with E-state index in [9.17, 15) is 0 Å². The number of hydrogen-bond donors (Lipinski definition) is 2. The molecule has 27 heavy (non-hydrogen) atoms. The largest absolute Gasteiger partial charge is 0.489 e. The van der Waals surface area contributed by atoms with Gasteiger partial charge in [0, 0.05) is 26.6 Å². The van der Waals surface area contributed by atoms with E-state index in [-0.39, 0.29) is 12.1 Å². The number of nitrogens with zero attached hydrogens (tertiary/aromatic N) is 4. The summed E-state index contributed by atoms with van der Waals surface area (Å²) in [5.74, 6) is 3.40. The van der Waals surface area contributed by atoms with Crippen molar-refractivity contribution in [3.63, 3.8) is 0 Å². The lowest BCUT2D eigenvalue weighted by atomic mass is 10.1. The highest BCUT2D eigenvalue weighted by Crippen LogP contribution is 2.13. The number of benzene rings is 1. The Bertz CT molecular complexity index is 746. The number of hydrogen-bond acceptors (Lipinski definition) is 5. The third-order valence-electron chi connectivity index (χ3n) is 4.38. The Kier molecular flexibility index (Phi) is 6.64. The first-order valence-electron chi connectivity index (χ1n) is 9.28. The molecule has 0 aliphatic carbocycles. The topological polar surface area (TPSA) is 85.6 Å². The van der Waals surface area contributed by atoms with Crippen LogP contribution in [0.5, 0.6) is 5.75 Å². The zero-order valence-electron chi connectivity index (χ0n) is 16.2. The van der Waals surface area contributed by atoms with E-state index in [0.29, 0.717) is 13.2 Å². The van der Waals surface area contributed by atoms with Crippen LogP contribution in [0.3, 0.4) is 0 Å². The number of aliphatic imine (C=N–C) groups is 1. The Labute approximate surface area is 160 Å². The van der Waals surface area contributed by atoms with Crippen LogP contribution in [0.1, 0.15) is 25.0 Å². The van der Waals surface area contributed by atoms with Gasteiger partial charge in [0.2, 0.25) is 0 Å². The number of nitrogens with one attached hydrogen (secondary N) is 2. The number of fused-ring (bicyclic) bond motifs is 1. The smallest absolute Gasteiger partial charge is 0.191 e. The normalized spacial score (nSPS) is 17.9. The number of aromatic nitrogens is 3. The molecule has 0 saturated carbocycles. The van der Waals surface area contributed by atoms with Gasteiger partial charge in [-0.25, -0.2) is 9.67 Å². The molecule has 2 aromatic rings. The lowest BCUT2D eigenvalue weighted by molar-refractivity contribution is 0.177. The van der Waals surface area contributed by atoms with Crippen molar-refractivity contribution in [1.29, 1.82) is 0 Å². The maximum absolute atomic E-state index is 5.89. The maximum atomic E-state index is 5.89. The fraction of sp³-hybridized carbons (Fsp3) is 0.526. The second-order valence-corrected chi connectivity index (χ2v) is 6.63. The van der Waals surface area contributed by atoms with Crippen LogP contribution in [0.25, 0.3) is 0 Å². The molecule has 0 spiro atoms. The van der Waals surface area contributed by atoms with Gasteiger partial charge >= 0.3 is 0 Å². The molecule has 2 unspecified atom stereocenters. The van der Waals surface area contributed by atoms with Gasteiger partial charge in [-0.05, 0) is 25.5 Å². The molecule has 2 atom stereocenters. The fourth-order valence-electron chi connectivity index (χ4n) is 3.07. The van der Waals surface area contributed by atoms with Crippen LogP contribution in [0.2, 0.25) is 0 Å². The summed E-state index contributed by atoms with van der Waals surface area (Å²) in [5, 5.41) is 11.3. The van der Waals surface area contributed by atoms with Crippen molar-refractivity contribution in [2.75, 3.05) is 20.7 Å². The minimum Gasteiger partial charge on any atom is -0.489 e. The second kappa shape index (κ2) is 9.36. The average molecular weight is 372 g/mol. The van der Waals surface area contributed by atoms with Crippen molar-refractivity contribution in [2.45, 2.75) is 45.1 Å². The second-order valence-electron chi connectivity index (χ2n) is 6.63. The van der Waals surface area contributed by atoms with Crippen LogP contribution in [0.15, 0.2) is 35.3 Å². The number of rotatable bonds is 7. The minimum atomic E-state index is 0.0239. The first-order chi connectivity index (χ1) is 13.2. The highest BCUT2D eigenvalue weighted by molar-refractivity contribution is 5.80. The van der Waals surface area contributed by atoms with E-state index in [2.05, 4.69) is 25.7 Å². The molecule has 0 saturated heterocycles. The average Bonchev–Trinajstić information content (AvgIpc) is 3.08. The van der Waals surface area contributed by atoms with E-state index in [1.807, 2.05) is 41.9 Å². The molecule has 146 valence electrons. The van der Waals surface area contributed by atoms with Gasteiger partial charge in [0.1, 0.15) is 24.3 Å². The van der Waals surface area contributed by atoms with Crippen molar-refractivity contribution in [3.05, 3.63) is 42.0 Å². The number of guanidine groups is 1. The van der Waals surface area contributed by atoms with Gasteiger partial charge in [0.15, 0.2) is 11.8 Å². The van der Waals surface area contributed by atoms with E-state index in [4.69, 9.17) is 9.47 Å². The third-order valence-corrected chi connectivity index (χ3v) is 4.38. The molecule has 0 radical (unpaired) electrons. The predicted octanol–water partition coefficient (Wildman–Crippen LogP) is 1.37. The van der Waals surface area contributed by atoms with Crippen LogP contribution in [-0.2, 0) is 24.3 Å². The molecule has 2 heterocycles.